The molecule has 24 heavy (non-hydrogen) atoms. The van der Waals surface area contributed by atoms with Gasteiger partial charge in [-0.15, -0.1) is 0 Å². The molecule has 0 aliphatic heterocycles. The molecule has 0 bridgehead atoms. The third-order valence-electron chi connectivity index (χ3n) is 2.99. The highest BCUT2D eigenvalue weighted by atomic mass is 16.3. The molecule has 0 aliphatic carbocycles. The van der Waals surface area contributed by atoms with E-state index in [0.29, 0.717) is 18.7 Å². The highest BCUT2D eigenvalue weighted by Gasteiger charge is 1.99. The second kappa shape index (κ2) is 12.8. The predicted octanol–water partition coefficient (Wildman–Crippen LogP) is 2.46. The number of anilines is 2. The van der Waals surface area contributed by atoms with Crippen molar-refractivity contribution in [3.63, 3.8) is 0 Å². The van der Waals surface area contributed by atoms with Crippen molar-refractivity contribution in [1.82, 2.24) is 0 Å². The first-order valence-electron chi connectivity index (χ1n) is 7.42. The molecule has 2 aromatic rings. The van der Waals surface area contributed by atoms with Crippen LogP contribution in [0.15, 0.2) is 48.5 Å². The zero-order valence-electron chi connectivity index (χ0n) is 14.3. The summed E-state index contributed by atoms with van der Waals surface area (Å²) in [5, 5.41) is 28.0. The molecule has 0 aliphatic rings. The molecule has 6 heteroatoms. The number of aldehydes is 1. The van der Waals surface area contributed by atoms with Crippen molar-refractivity contribution in [1.29, 1.82) is 0 Å². The molecular formula is C18H26N2O4. The maximum absolute atomic E-state index is 10.1. The predicted molar refractivity (Wildman–Crippen MR) is 97.9 cm³/mol. The molecule has 0 fully saturated rings. The summed E-state index contributed by atoms with van der Waals surface area (Å²) in [4.78, 5) is 12.1. The van der Waals surface area contributed by atoms with Gasteiger partial charge in [-0.3, -0.25) is 0 Å². The van der Waals surface area contributed by atoms with Gasteiger partial charge in [-0.05, 0) is 24.3 Å². The lowest BCUT2D eigenvalue weighted by Crippen LogP contribution is -2.18. The molecule has 0 saturated carbocycles. The Hall–Kier alpha value is -2.73. The van der Waals surface area contributed by atoms with Crippen LogP contribution in [0.5, 0.6) is 11.5 Å². The fourth-order valence-electron chi connectivity index (χ4n) is 1.77. The van der Waals surface area contributed by atoms with Gasteiger partial charge in [0.25, 0.3) is 0 Å². The van der Waals surface area contributed by atoms with E-state index in [1.54, 1.807) is 36.4 Å². The molecule has 0 atom stereocenters. The number of nitrogens with zero attached hydrogens (tertiary/aromatic N) is 1. The number of aliphatic hydroxyl groups excluding tert-OH is 1. The van der Waals surface area contributed by atoms with Gasteiger partial charge in [-0.1, -0.05) is 12.1 Å². The molecule has 0 unspecified atom stereocenters. The number of carbonyl (C=O) groups excluding carboxylic acids is 1. The number of aliphatic hydroxyl groups is 1. The minimum absolute atomic E-state index is 0.246. The summed E-state index contributed by atoms with van der Waals surface area (Å²) in [7, 11) is 4.70. The Morgan fingerprint density at radius 1 is 1.04 bits per heavy atom. The van der Waals surface area contributed by atoms with E-state index in [2.05, 4.69) is 5.32 Å². The largest absolute Gasteiger partial charge is 0.508 e. The molecule has 0 radical (unpaired) electrons. The quantitative estimate of drug-likeness (QED) is 0.628. The van der Waals surface area contributed by atoms with E-state index in [9.17, 15) is 9.90 Å². The van der Waals surface area contributed by atoms with Crippen LogP contribution in [0.3, 0.4) is 0 Å². The van der Waals surface area contributed by atoms with Gasteiger partial charge in [0.1, 0.15) is 17.8 Å². The Morgan fingerprint density at radius 2 is 1.62 bits per heavy atom. The first-order chi connectivity index (χ1) is 11.6. The van der Waals surface area contributed by atoms with Crippen LogP contribution >= 0.6 is 0 Å². The van der Waals surface area contributed by atoms with Gasteiger partial charge in [-0.25, -0.2) is 0 Å². The second-order valence-electron chi connectivity index (χ2n) is 4.70. The lowest BCUT2D eigenvalue weighted by molar-refractivity contribution is -0.107. The summed E-state index contributed by atoms with van der Waals surface area (Å²) in [5.41, 5.74) is 1.84. The number of phenols is 2. The van der Waals surface area contributed by atoms with Gasteiger partial charge >= 0.3 is 0 Å². The van der Waals surface area contributed by atoms with Crippen LogP contribution in [0, 0.1) is 0 Å². The van der Waals surface area contributed by atoms with Crippen molar-refractivity contribution >= 4 is 17.7 Å². The highest BCUT2D eigenvalue weighted by molar-refractivity contribution is 5.54. The van der Waals surface area contributed by atoms with E-state index in [-0.39, 0.29) is 5.75 Å². The molecule has 132 valence electrons. The van der Waals surface area contributed by atoms with Crippen LogP contribution < -0.4 is 10.2 Å². The Balaban J connectivity index is 0.000000420. The highest BCUT2D eigenvalue weighted by Crippen LogP contribution is 2.18. The monoisotopic (exact) mass is 334 g/mol. The van der Waals surface area contributed by atoms with Gasteiger partial charge in [0.05, 0.1) is 0 Å². The van der Waals surface area contributed by atoms with Crippen LogP contribution in [0.2, 0.25) is 0 Å². The van der Waals surface area contributed by atoms with E-state index < -0.39 is 0 Å². The van der Waals surface area contributed by atoms with E-state index in [1.807, 2.05) is 31.1 Å². The molecule has 0 spiro atoms. The molecule has 0 heterocycles. The molecular weight excluding hydrogens is 308 g/mol. The van der Waals surface area contributed by atoms with Gasteiger partial charge in [0.2, 0.25) is 0 Å². The summed E-state index contributed by atoms with van der Waals surface area (Å²) in [6.07, 6.45) is 1.39. The van der Waals surface area contributed by atoms with E-state index >= 15 is 0 Å². The fraction of sp³-hybridized carbons (Fsp3) is 0.278. The first-order valence-corrected chi connectivity index (χ1v) is 7.42. The van der Waals surface area contributed by atoms with Crippen molar-refractivity contribution in [2.24, 2.45) is 0 Å². The van der Waals surface area contributed by atoms with Crippen molar-refractivity contribution in [3.8, 4) is 11.5 Å². The molecule has 2 aromatic carbocycles. The number of phenolic OH excluding ortho intramolecular Hbond substituents is 2. The average Bonchev–Trinajstić information content (AvgIpc) is 2.62. The Bertz CT molecular complexity index is 591. The van der Waals surface area contributed by atoms with Crippen molar-refractivity contribution < 1.29 is 20.1 Å². The summed E-state index contributed by atoms with van der Waals surface area (Å²) in [6.45, 7) is 0.674. The smallest absolute Gasteiger partial charge is 0.121 e. The standard InChI is InChI=1S/C10H13NO2.C7H9NO.CH4O/c1-11(6-3-7-12)9-4-2-5-10(13)8-9;1-8-6-3-2-4-7(9)5-6;1-2/h2,4-5,7-8,13H,3,6H2,1H3;2-5,8-9H,1H3;2H,1H3. The number of hydrogen-bond donors (Lipinski definition) is 4. The minimum atomic E-state index is 0.246. The summed E-state index contributed by atoms with van der Waals surface area (Å²) < 4.78 is 0. The molecule has 4 N–H and O–H groups in total. The maximum Gasteiger partial charge on any atom is 0.121 e. The minimum Gasteiger partial charge on any atom is -0.508 e. The van der Waals surface area contributed by atoms with Gasteiger partial charge < -0.3 is 30.3 Å². The maximum atomic E-state index is 10.1. The lowest BCUT2D eigenvalue weighted by Gasteiger charge is -2.17. The number of rotatable bonds is 5. The third-order valence-corrected chi connectivity index (χ3v) is 2.99. The lowest BCUT2D eigenvalue weighted by atomic mass is 10.2. The van der Waals surface area contributed by atoms with Crippen molar-refractivity contribution in [2.75, 3.05) is 38.0 Å². The SMILES string of the molecule is CN(CCC=O)c1cccc(O)c1.CNc1cccc(O)c1.CO. The average molecular weight is 334 g/mol. The third kappa shape index (κ3) is 8.65. The van der Waals surface area contributed by atoms with Crippen LogP contribution in [0.25, 0.3) is 0 Å². The molecule has 0 saturated heterocycles. The Kier molecular flexibility index (Phi) is 11.3. The Morgan fingerprint density at radius 3 is 2.08 bits per heavy atom. The van der Waals surface area contributed by atoms with E-state index in [0.717, 1.165) is 24.8 Å². The summed E-state index contributed by atoms with van der Waals surface area (Å²) in [5.74, 6) is 0.539. The van der Waals surface area contributed by atoms with E-state index in [4.69, 9.17) is 10.2 Å². The van der Waals surface area contributed by atoms with E-state index in [1.165, 1.54) is 0 Å². The molecule has 2 rings (SSSR count). The van der Waals surface area contributed by atoms with Gasteiger partial charge in [0, 0.05) is 57.7 Å². The van der Waals surface area contributed by atoms with Gasteiger partial charge in [-0.2, -0.15) is 0 Å². The second-order valence-corrected chi connectivity index (χ2v) is 4.70. The fourth-order valence-corrected chi connectivity index (χ4v) is 1.77. The number of benzene rings is 2. The van der Waals surface area contributed by atoms with Crippen molar-refractivity contribution in [2.45, 2.75) is 6.42 Å². The Labute approximate surface area is 143 Å². The molecule has 0 amide bonds. The van der Waals surface area contributed by atoms with Crippen LogP contribution in [0.1, 0.15) is 6.42 Å². The van der Waals surface area contributed by atoms with Gasteiger partial charge in [0.15, 0.2) is 0 Å². The summed E-state index contributed by atoms with van der Waals surface area (Å²) >= 11 is 0. The normalized spacial score (nSPS) is 8.83. The number of carbonyl (C=O) groups is 1. The molecule has 6 nitrogen and oxygen atoms in total. The van der Waals surface area contributed by atoms with Crippen LogP contribution in [0.4, 0.5) is 11.4 Å². The van der Waals surface area contributed by atoms with Crippen LogP contribution in [-0.4, -0.2) is 49.4 Å². The van der Waals surface area contributed by atoms with Crippen molar-refractivity contribution in [3.05, 3.63) is 48.5 Å². The van der Waals surface area contributed by atoms with Crippen LogP contribution in [-0.2, 0) is 4.79 Å². The number of aromatic hydroxyl groups is 2. The number of hydrogen-bond acceptors (Lipinski definition) is 6. The summed E-state index contributed by atoms with van der Waals surface area (Å²) in [6, 6.07) is 14.0. The number of nitrogens with one attached hydrogen (secondary N) is 1. The zero-order valence-corrected chi connectivity index (χ0v) is 14.3. The zero-order chi connectivity index (χ0) is 18.4. The topological polar surface area (TPSA) is 93.0 Å². The molecule has 0 aromatic heterocycles. The first kappa shape index (κ1) is 21.3.